The SMILES string of the molecule is Cc1ccccc1Nc1c(C(N)=O)cnn2c([N+](=O)[O-])ccc12. The van der Waals surface area contributed by atoms with E-state index in [1.807, 2.05) is 31.2 Å². The van der Waals surface area contributed by atoms with Crippen molar-refractivity contribution in [2.75, 3.05) is 5.32 Å². The molecule has 3 rings (SSSR count). The molecule has 8 nitrogen and oxygen atoms in total. The van der Waals surface area contributed by atoms with Crippen molar-refractivity contribution in [3.63, 3.8) is 0 Å². The molecule has 0 aliphatic carbocycles. The van der Waals surface area contributed by atoms with Crippen LogP contribution in [0.3, 0.4) is 0 Å². The fraction of sp³-hybridized carbons (Fsp3) is 0.0667. The number of aryl methyl sites for hydroxylation is 1. The number of rotatable bonds is 4. The molecule has 116 valence electrons. The first-order valence-electron chi connectivity index (χ1n) is 6.76. The first kappa shape index (κ1) is 14.5. The molecule has 2 heterocycles. The molecule has 0 unspecified atom stereocenters. The number of carbonyl (C=O) groups is 1. The third-order valence-corrected chi connectivity index (χ3v) is 3.52. The third kappa shape index (κ3) is 2.46. The highest BCUT2D eigenvalue weighted by Crippen LogP contribution is 2.30. The molecule has 0 aliphatic rings. The Morgan fingerprint density at radius 2 is 2.04 bits per heavy atom. The number of primary amides is 1. The Morgan fingerprint density at radius 3 is 2.70 bits per heavy atom. The number of aromatic nitrogens is 2. The molecule has 3 N–H and O–H groups in total. The highest BCUT2D eigenvalue weighted by Gasteiger charge is 2.22. The summed E-state index contributed by atoms with van der Waals surface area (Å²) in [4.78, 5) is 22.2. The Hall–Kier alpha value is -3.42. The summed E-state index contributed by atoms with van der Waals surface area (Å²) in [7, 11) is 0. The minimum atomic E-state index is -0.667. The van der Waals surface area contributed by atoms with Crippen LogP contribution in [-0.2, 0) is 0 Å². The van der Waals surface area contributed by atoms with Crippen LogP contribution in [0, 0.1) is 17.0 Å². The van der Waals surface area contributed by atoms with Gasteiger partial charge in [-0.15, -0.1) is 0 Å². The smallest absolute Gasteiger partial charge is 0.348 e. The molecular weight excluding hydrogens is 298 g/mol. The van der Waals surface area contributed by atoms with Gasteiger partial charge in [-0.3, -0.25) is 4.79 Å². The van der Waals surface area contributed by atoms with Crippen LogP contribution in [-0.4, -0.2) is 20.4 Å². The highest BCUT2D eigenvalue weighted by molar-refractivity contribution is 6.03. The van der Waals surface area contributed by atoms with Gasteiger partial charge < -0.3 is 21.2 Å². The molecule has 1 amide bonds. The second-order valence-corrected chi connectivity index (χ2v) is 4.98. The molecule has 0 saturated heterocycles. The molecule has 0 aliphatic heterocycles. The van der Waals surface area contributed by atoms with Crippen LogP contribution in [0.15, 0.2) is 42.6 Å². The number of anilines is 2. The van der Waals surface area contributed by atoms with Crippen LogP contribution in [0.2, 0.25) is 0 Å². The molecule has 0 fully saturated rings. The van der Waals surface area contributed by atoms with Crippen LogP contribution in [0.25, 0.3) is 5.52 Å². The second-order valence-electron chi connectivity index (χ2n) is 4.98. The van der Waals surface area contributed by atoms with Gasteiger partial charge in [0.2, 0.25) is 0 Å². The van der Waals surface area contributed by atoms with Crippen LogP contribution in [0.5, 0.6) is 0 Å². The minimum absolute atomic E-state index is 0.161. The van der Waals surface area contributed by atoms with Crippen LogP contribution >= 0.6 is 0 Å². The summed E-state index contributed by atoms with van der Waals surface area (Å²) in [6.07, 6.45) is 1.23. The number of fused-ring (bicyclic) bond motifs is 1. The van der Waals surface area contributed by atoms with Crippen molar-refractivity contribution >= 4 is 28.6 Å². The molecule has 2 aromatic heterocycles. The van der Waals surface area contributed by atoms with E-state index in [-0.39, 0.29) is 11.4 Å². The Labute approximate surface area is 130 Å². The topological polar surface area (TPSA) is 116 Å². The van der Waals surface area contributed by atoms with Gasteiger partial charge in [0, 0.05) is 11.8 Å². The quantitative estimate of drug-likeness (QED) is 0.567. The zero-order chi connectivity index (χ0) is 16.6. The molecular formula is C15H13N5O3. The van der Waals surface area contributed by atoms with Gasteiger partial charge in [0.05, 0.1) is 11.8 Å². The summed E-state index contributed by atoms with van der Waals surface area (Å²) in [5.41, 5.74) is 8.07. The summed E-state index contributed by atoms with van der Waals surface area (Å²) in [5.74, 6) is -0.858. The van der Waals surface area contributed by atoms with E-state index in [0.29, 0.717) is 11.2 Å². The minimum Gasteiger partial charge on any atom is -0.365 e. The van der Waals surface area contributed by atoms with Gasteiger partial charge >= 0.3 is 5.82 Å². The number of nitro groups is 1. The van der Waals surface area contributed by atoms with Gasteiger partial charge in [-0.2, -0.15) is 0 Å². The molecule has 8 heteroatoms. The van der Waals surface area contributed by atoms with E-state index in [1.54, 1.807) is 0 Å². The Morgan fingerprint density at radius 1 is 1.30 bits per heavy atom. The number of benzene rings is 1. The summed E-state index contributed by atoms with van der Waals surface area (Å²) >= 11 is 0. The van der Waals surface area contributed by atoms with E-state index in [4.69, 9.17) is 5.73 Å². The Kier molecular flexibility index (Phi) is 3.41. The fourth-order valence-corrected chi connectivity index (χ4v) is 2.35. The van der Waals surface area contributed by atoms with Crippen molar-refractivity contribution in [3.05, 3.63) is 63.8 Å². The molecule has 1 aromatic carbocycles. The standard InChI is InChI=1S/C15H13N5O3/c1-9-4-2-3-5-11(9)18-14-10(15(16)21)8-17-19-12(14)6-7-13(19)20(22)23/h2-8,18H,1H3,(H2,16,21). The number of hydrogen-bond acceptors (Lipinski definition) is 5. The average molecular weight is 311 g/mol. The monoisotopic (exact) mass is 311 g/mol. The van der Waals surface area contributed by atoms with Gasteiger partial charge in [0.25, 0.3) is 5.91 Å². The van der Waals surface area contributed by atoms with Crippen molar-refractivity contribution in [2.24, 2.45) is 5.73 Å². The van der Waals surface area contributed by atoms with Crippen molar-refractivity contribution in [3.8, 4) is 0 Å². The summed E-state index contributed by atoms with van der Waals surface area (Å²) in [6.45, 7) is 1.91. The van der Waals surface area contributed by atoms with E-state index in [0.717, 1.165) is 15.8 Å². The maximum Gasteiger partial charge on any atom is 0.348 e. The second kappa shape index (κ2) is 5.41. The van der Waals surface area contributed by atoms with Crippen molar-refractivity contribution in [2.45, 2.75) is 6.92 Å². The highest BCUT2D eigenvalue weighted by atomic mass is 16.6. The van der Waals surface area contributed by atoms with E-state index in [9.17, 15) is 14.9 Å². The lowest BCUT2D eigenvalue weighted by molar-refractivity contribution is -0.390. The Bertz CT molecular complexity index is 932. The van der Waals surface area contributed by atoms with Crippen molar-refractivity contribution < 1.29 is 9.72 Å². The maximum absolute atomic E-state index is 11.7. The number of nitrogens with one attached hydrogen (secondary N) is 1. The number of nitrogens with zero attached hydrogens (tertiary/aromatic N) is 3. The molecule has 0 saturated carbocycles. The van der Waals surface area contributed by atoms with Gasteiger partial charge in [-0.25, -0.2) is 0 Å². The normalized spacial score (nSPS) is 10.7. The molecule has 0 atom stereocenters. The predicted molar refractivity (Wildman–Crippen MR) is 84.8 cm³/mol. The predicted octanol–water partition coefficient (Wildman–Crippen LogP) is 2.39. The van der Waals surface area contributed by atoms with Crippen LogP contribution < -0.4 is 11.1 Å². The summed E-state index contributed by atoms with van der Waals surface area (Å²) < 4.78 is 1.16. The van der Waals surface area contributed by atoms with Gasteiger partial charge in [0.15, 0.2) is 5.52 Å². The largest absolute Gasteiger partial charge is 0.365 e. The van der Waals surface area contributed by atoms with Crippen molar-refractivity contribution in [1.82, 2.24) is 9.61 Å². The number of carbonyl (C=O) groups excluding carboxylic acids is 1. The van der Waals surface area contributed by atoms with Crippen molar-refractivity contribution in [1.29, 1.82) is 0 Å². The first-order chi connectivity index (χ1) is 11.0. The van der Waals surface area contributed by atoms with Crippen LogP contribution in [0.4, 0.5) is 17.2 Å². The number of hydrogen-bond donors (Lipinski definition) is 2. The number of amides is 1. The molecule has 3 aromatic rings. The number of para-hydroxylation sites is 1. The zero-order valence-electron chi connectivity index (χ0n) is 12.2. The molecule has 23 heavy (non-hydrogen) atoms. The zero-order valence-corrected chi connectivity index (χ0v) is 12.2. The van der Waals surface area contributed by atoms with E-state index in [2.05, 4.69) is 10.4 Å². The lowest BCUT2D eigenvalue weighted by Crippen LogP contribution is -2.15. The third-order valence-electron chi connectivity index (χ3n) is 3.52. The lowest BCUT2D eigenvalue weighted by atomic mass is 10.1. The molecule has 0 bridgehead atoms. The fourth-order valence-electron chi connectivity index (χ4n) is 2.35. The first-order valence-corrected chi connectivity index (χ1v) is 6.76. The lowest BCUT2D eigenvalue weighted by Gasteiger charge is -2.11. The van der Waals surface area contributed by atoms with E-state index < -0.39 is 10.8 Å². The maximum atomic E-state index is 11.7. The molecule has 0 radical (unpaired) electrons. The Balaban J connectivity index is 2.23. The van der Waals surface area contributed by atoms with Gasteiger partial charge in [0.1, 0.15) is 5.69 Å². The van der Waals surface area contributed by atoms with Gasteiger partial charge in [-0.1, -0.05) is 27.8 Å². The van der Waals surface area contributed by atoms with Crippen LogP contribution in [0.1, 0.15) is 15.9 Å². The summed E-state index contributed by atoms with van der Waals surface area (Å²) in [6, 6.07) is 10.3. The number of nitrogens with two attached hydrogens (primary N) is 1. The van der Waals surface area contributed by atoms with Gasteiger partial charge in [-0.05, 0) is 29.5 Å². The summed E-state index contributed by atoms with van der Waals surface area (Å²) in [5, 5.41) is 18.1. The van der Waals surface area contributed by atoms with E-state index >= 15 is 0 Å². The average Bonchev–Trinajstić information content (AvgIpc) is 2.94. The van der Waals surface area contributed by atoms with E-state index in [1.165, 1.54) is 18.3 Å². The molecule has 0 spiro atoms.